The van der Waals surface area contributed by atoms with Crippen LogP contribution in [0.2, 0.25) is 0 Å². The van der Waals surface area contributed by atoms with E-state index in [0.29, 0.717) is 22.8 Å². The minimum absolute atomic E-state index is 0.0783. The molecule has 142 valence electrons. The van der Waals surface area contributed by atoms with Crippen LogP contribution >= 0.6 is 11.3 Å². The summed E-state index contributed by atoms with van der Waals surface area (Å²) >= 11 is 1.35. The van der Waals surface area contributed by atoms with Gasteiger partial charge < -0.3 is 4.90 Å². The van der Waals surface area contributed by atoms with Crippen molar-refractivity contribution in [2.45, 2.75) is 20.8 Å². The highest BCUT2D eigenvalue weighted by Gasteiger charge is 2.22. The van der Waals surface area contributed by atoms with E-state index in [1.807, 2.05) is 31.2 Å². The summed E-state index contributed by atoms with van der Waals surface area (Å²) in [5.41, 5.74) is 2.39. The van der Waals surface area contributed by atoms with Crippen LogP contribution in [0.4, 0.5) is 9.52 Å². The first-order valence-corrected chi connectivity index (χ1v) is 10.0. The highest BCUT2D eigenvalue weighted by molar-refractivity contribution is 7.22. The highest BCUT2D eigenvalue weighted by atomic mass is 32.1. The molecule has 27 heavy (non-hydrogen) atoms. The van der Waals surface area contributed by atoms with Crippen molar-refractivity contribution in [1.29, 1.82) is 0 Å². The number of aromatic nitrogens is 1. The quantitative estimate of drug-likeness (QED) is 0.590. The minimum Gasteiger partial charge on any atom is -0.302 e. The van der Waals surface area contributed by atoms with E-state index in [0.717, 1.165) is 29.9 Å². The topological polar surface area (TPSA) is 36.4 Å². The maximum atomic E-state index is 13.6. The molecule has 0 bridgehead atoms. The van der Waals surface area contributed by atoms with E-state index in [4.69, 9.17) is 0 Å². The standard InChI is InChI=1S/C21H24FN3OS/c1-4-24(5-2)11-12-25(20(26)16-8-6-7-15(3)13-16)21-23-18-10-9-17(22)14-19(18)27-21/h6-10,13-14H,4-5,11-12H2,1-3H3. The summed E-state index contributed by atoms with van der Waals surface area (Å²) in [6.45, 7) is 9.33. The van der Waals surface area contributed by atoms with Gasteiger partial charge in [-0.15, -0.1) is 0 Å². The first kappa shape index (κ1) is 19.5. The Bertz CT molecular complexity index is 936. The second-order valence-electron chi connectivity index (χ2n) is 6.46. The number of likely N-dealkylation sites (N-methyl/N-ethyl adjacent to an activating group) is 1. The number of hydrogen-bond acceptors (Lipinski definition) is 4. The highest BCUT2D eigenvalue weighted by Crippen LogP contribution is 2.30. The van der Waals surface area contributed by atoms with Crippen LogP contribution in [0.15, 0.2) is 42.5 Å². The Labute approximate surface area is 163 Å². The number of amides is 1. The average Bonchev–Trinajstić information content (AvgIpc) is 3.07. The molecule has 3 aromatic rings. The van der Waals surface area contributed by atoms with Gasteiger partial charge >= 0.3 is 0 Å². The van der Waals surface area contributed by atoms with Gasteiger partial charge in [-0.1, -0.05) is 42.9 Å². The van der Waals surface area contributed by atoms with Gasteiger partial charge in [-0.25, -0.2) is 9.37 Å². The van der Waals surface area contributed by atoms with Crippen LogP contribution in [0.1, 0.15) is 29.8 Å². The average molecular weight is 386 g/mol. The second-order valence-corrected chi connectivity index (χ2v) is 7.47. The molecule has 1 aromatic heterocycles. The van der Waals surface area contributed by atoms with E-state index in [-0.39, 0.29) is 11.7 Å². The zero-order valence-corrected chi connectivity index (χ0v) is 16.7. The van der Waals surface area contributed by atoms with Crippen molar-refractivity contribution in [3.8, 4) is 0 Å². The van der Waals surface area contributed by atoms with E-state index in [1.165, 1.54) is 23.5 Å². The summed E-state index contributed by atoms with van der Waals surface area (Å²) in [5.74, 6) is -0.372. The van der Waals surface area contributed by atoms with E-state index in [9.17, 15) is 9.18 Å². The molecule has 0 atom stereocenters. The number of anilines is 1. The summed E-state index contributed by atoms with van der Waals surface area (Å²) < 4.78 is 14.3. The summed E-state index contributed by atoms with van der Waals surface area (Å²) in [5, 5.41) is 0.606. The number of thiazole rings is 1. The summed E-state index contributed by atoms with van der Waals surface area (Å²) in [4.78, 5) is 21.8. The zero-order valence-electron chi connectivity index (χ0n) is 15.9. The van der Waals surface area contributed by atoms with Gasteiger partial charge in [0.2, 0.25) is 0 Å². The molecule has 0 aliphatic rings. The van der Waals surface area contributed by atoms with Crippen LogP contribution in [0, 0.1) is 12.7 Å². The predicted octanol–water partition coefficient (Wildman–Crippen LogP) is 4.73. The smallest absolute Gasteiger partial charge is 0.260 e. The van der Waals surface area contributed by atoms with Gasteiger partial charge in [0.05, 0.1) is 10.2 Å². The molecule has 0 fully saturated rings. The molecular formula is C21H24FN3OS. The predicted molar refractivity (Wildman–Crippen MR) is 110 cm³/mol. The normalized spacial score (nSPS) is 11.3. The number of nitrogens with zero attached hydrogens (tertiary/aromatic N) is 3. The van der Waals surface area contributed by atoms with E-state index < -0.39 is 0 Å². The van der Waals surface area contributed by atoms with Gasteiger partial charge in [0.1, 0.15) is 5.82 Å². The van der Waals surface area contributed by atoms with Gasteiger partial charge in [-0.2, -0.15) is 0 Å². The summed E-state index contributed by atoms with van der Waals surface area (Å²) in [6.07, 6.45) is 0. The Kier molecular flexibility index (Phi) is 6.19. The summed E-state index contributed by atoms with van der Waals surface area (Å²) in [7, 11) is 0. The van der Waals surface area contributed by atoms with E-state index in [2.05, 4.69) is 23.7 Å². The molecule has 0 unspecified atom stereocenters. The molecule has 3 rings (SSSR count). The molecule has 4 nitrogen and oxygen atoms in total. The fourth-order valence-electron chi connectivity index (χ4n) is 3.00. The SMILES string of the molecule is CCN(CC)CCN(C(=O)c1cccc(C)c1)c1nc2ccc(F)cc2s1. The lowest BCUT2D eigenvalue weighted by atomic mass is 10.1. The number of carbonyl (C=O) groups excluding carboxylic acids is 1. The van der Waals surface area contributed by atoms with Crippen molar-refractivity contribution in [1.82, 2.24) is 9.88 Å². The van der Waals surface area contributed by atoms with Crippen molar-refractivity contribution in [3.63, 3.8) is 0 Å². The first-order chi connectivity index (χ1) is 13.0. The number of benzene rings is 2. The maximum Gasteiger partial charge on any atom is 0.260 e. The molecule has 0 saturated carbocycles. The lowest BCUT2D eigenvalue weighted by Crippen LogP contribution is -2.38. The number of aryl methyl sites for hydroxylation is 1. The largest absolute Gasteiger partial charge is 0.302 e. The van der Waals surface area contributed by atoms with E-state index in [1.54, 1.807) is 11.0 Å². The van der Waals surface area contributed by atoms with Gasteiger partial charge in [0, 0.05) is 18.7 Å². The molecule has 6 heteroatoms. The number of fused-ring (bicyclic) bond motifs is 1. The lowest BCUT2D eigenvalue weighted by Gasteiger charge is -2.24. The van der Waals surface area contributed by atoms with E-state index >= 15 is 0 Å². The molecule has 2 aromatic carbocycles. The molecule has 0 aliphatic heterocycles. The Balaban J connectivity index is 1.96. The molecule has 0 saturated heterocycles. The third kappa shape index (κ3) is 4.51. The lowest BCUT2D eigenvalue weighted by molar-refractivity contribution is 0.0983. The van der Waals surface area contributed by atoms with Crippen LogP contribution in [-0.2, 0) is 0 Å². The Hall–Kier alpha value is -2.31. The third-order valence-corrected chi connectivity index (χ3v) is 5.66. The third-order valence-electron chi connectivity index (χ3n) is 4.61. The maximum absolute atomic E-state index is 13.6. The van der Waals surface area contributed by atoms with Crippen molar-refractivity contribution < 1.29 is 9.18 Å². The van der Waals surface area contributed by atoms with Gasteiger partial charge in [-0.3, -0.25) is 9.69 Å². The fraction of sp³-hybridized carbons (Fsp3) is 0.333. The van der Waals surface area contributed by atoms with Crippen LogP contribution in [0.3, 0.4) is 0 Å². The number of hydrogen-bond donors (Lipinski definition) is 0. The molecule has 0 radical (unpaired) electrons. The minimum atomic E-state index is -0.294. The number of carbonyl (C=O) groups is 1. The second kappa shape index (κ2) is 8.59. The molecule has 0 spiro atoms. The monoisotopic (exact) mass is 385 g/mol. The van der Waals surface area contributed by atoms with Crippen LogP contribution in [-0.4, -0.2) is 42.0 Å². The summed E-state index contributed by atoms with van der Waals surface area (Å²) in [6, 6.07) is 12.1. The van der Waals surface area contributed by atoms with Crippen molar-refractivity contribution in [2.75, 3.05) is 31.1 Å². The van der Waals surface area contributed by atoms with Crippen LogP contribution in [0.25, 0.3) is 10.2 Å². The van der Waals surface area contributed by atoms with Crippen molar-refractivity contribution in [2.24, 2.45) is 0 Å². The van der Waals surface area contributed by atoms with Crippen molar-refractivity contribution in [3.05, 3.63) is 59.4 Å². The molecular weight excluding hydrogens is 361 g/mol. The first-order valence-electron chi connectivity index (χ1n) is 9.18. The Morgan fingerprint density at radius 1 is 1.11 bits per heavy atom. The Morgan fingerprint density at radius 2 is 1.89 bits per heavy atom. The molecule has 0 aliphatic carbocycles. The van der Waals surface area contributed by atoms with Gasteiger partial charge in [0.25, 0.3) is 5.91 Å². The zero-order chi connectivity index (χ0) is 19.4. The fourth-order valence-corrected chi connectivity index (χ4v) is 4.02. The number of rotatable bonds is 7. The van der Waals surface area contributed by atoms with Gasteiger partial charge in [-0.05, 0) is 50.3 Å². The van der Waals surface area contributed by atoms with Gasteiger partial charge in [0.15, 0.2) is 5.13 Å². The Morgan fingerprint density at radius 3 is 2.59 bits per heavy atom. The van der Waals surface area contributed by atoms with Crippen LogP contribution < -0.4 is 4.90 Å². The van der Waals surface area contributed by atoms with Crippen molar-refractivity contribution >= 4 is 32.6 Å². The number of halogens is 1. The van der Waals surface area contributed by atoms with Crippen LogP contribution in [0.5, 0.6) is 0 Å². The molecule has 1 amide bonds. The molecule has 0 N–H and O–H groups in total. The molecule has 1 heterocycles.